The van der Waals surface area contributed by atoms with Gasteiger partial charge in [0.2, 0.25) is 5.91 Å². The average Bonchev–Trinajstić information content (AvgIpc) is 2.48. The van der Waals surface area contributed by atoms with Crippen LogP contribution in [0.5, 0.6) is 5.75 Å². The third-order valence-corrected chi connectivity index (χ3v) is 4.32. The highest BCUT2D eigenvalue weighted by atomic mass is 33.1. The van der Waals surface area contributed by atoms with Crippen molar-refractivity contribution in [3.05, 3.63) is 29.8 Å². The van der Waals surface area contributed by atoms with Gasteiger partial charge in [0.1, 0.15) is 5.75 Å². The van der Waals surface area contributed by atoms with Crippen LogP contribution < -0.4 is 11.1 Å². The maximum Gasteiger partial charge on any atom is 0.216 e. The number of rotatable bonds is 6. The number of benzene rings is 1. The predicted molar refractivity (Wildman–Crippen MR) is 96.8 cm³/mol. The second kappa shape index (κ2) is 17.2. The van der Waals surface area contributed by atoms with Gasteiger partial charge < -0.3 is 16.2 Å². The van der Waals surface area contributed by atoms with Gasteiger partial charge in [0.25, 0.3) is 0 Å². The van der Waals surface area contributed by atoms with E-state index < -0.39 is 0 Å². The highest BCUT2D eigenvalue weighted by molar-refractivity contribution is 8.76. The van der Waals surface area contributed by atoms with Gasteiger partial charge >= 0.3 is 0 Å². The van der Waals surface area contributed by atoms with Gasteiger partial charge in [-0.2, -0.15) is 0 Å². The molecule has 0 atom stereocenters. The van der Waals surface area contributed by atoms with E-state index in [9.17, 15) is 4.79 Å². The summed E-state index contributed by atoms with van der Waals surface area (Å²) in [5.74, 6) is 2.29. The highest BCUT2D eigenvalue weighted by Crippen LogP contribution is 2.18. The maximum atomic E-state index is 10.4. The lowest BCUT2D eigenvalue weighted by molar-refractivity contribution is -0.118. The minimum atomic E-state index is 0.0365. The van der Waals surface area contributed by atoms with Gasteiger partial charge in [-0.15, -0.1) is 0 Å². The molecular weight excluding hydrogens is 304 g/mol. The zero-order chi connectivity index (χ0) is 16.5. The van der Waals surface area contributed by atoms with Crippen LogP contribution in [-0.2, 0) is 4.79 Å². The van der Waals surface area contributed by atoms with E-state index in [1.807, 2.05) is 32.9 Å². The Kier molecular flexibility index (Phi) is 18.4. The number of phenols is 1. The van der Waals surface area contributed by atoms with Gasteiger partial charge in [0, 0.05) is 31.5 Å². The zero-order valence-electron chi connectivity index (χ0n) is 13.4. The number of hydrogen-bond acceptors (Lipinski definition) is 5. The first-order valence-electron chi connectivity index (χ1n) is 7.00. The summed E-state index contributed by atoms with van der Waals surface area (Å²) in [6.07, 6.45) is 0. The van der Waals surface area contributed by atoms with Gasteiger partial charge in [-0.1, -0.05) is 53.1 Å². The summed E-state index contributed by atoms with van der Waals surface area (Å²) in [6, 6.07) is 7.09. The normalized spacial score (nSPS) is 8.81. The molecule has 0 bridgehead atoms. The van der Waals surface area contributed by atoms with Crippen molar-refractivity contribution in [3.63, 3.8) is 0 Å². The van der Waals surface area contributed by atoms with Crippen LogP contribution in [0, 0.1) is 6.92 Å². The monoisotopic (exact) mass is 332 g/mol. The standard InChI is InChI=1S/C7H8O.C6H14N2OS2.C2H6/c1-6-2-4-7(8)5-3-6;1-6(9)8-3-5-11-10-4-2-7;1-2/h2-5,8H,1H3;2-5,7H2,1H3,(H,8,9);1-2H3. The molecule has 0 aromatic heterocycles. The fraction of sp³-hybridized carbons (Fsp3) is 0.533. The number of aromatic hydroxyl groups is 1. The third kappa shape index (κ3) is 19.1. The smallest absolute Gasteiger partial charge is 0.216 e. The number of carbonyl (C=O) groups excluding carboxylic acids is 1. The Balaban J connectivity index is 0. The van der Waals surface area contributed by atoms with Crippen LogP contribution in [0.4, 0.5) is 0 Å². The first kappa shape index (κ1) is 22.4. The molecule has 21 heavy (non-hydrogen) atoms. The Hall–Kier alpha value is -0.850. The van der Waals surface area contributed by atoms with Crippen LogP contribution in [0.15, 0.2) is 24.3 Å². The van der Waals surface area contributed by atoms with Crippen LogP contribution >= 0.6 is 21.6 Å². The molecule has 0 spiro atoms. The second-order valence-electron chi connectivity index (χ2n) is 3.75. The Morgan fingerprint density at radius 2 is 1.71 bits per heavy atom. The van der Waals surface area contributed by atoms with E-state index in [1.54, 1.807) is 33.7 Å². The lowest BCUT2D eigenvalue weighted by Crippen LogP contribution is -2.22. The second-order valence-corrected chi connectivity index (χ2v) is 6.45. The number of phenolic OH excluding ortho intramolecular Hbond substituents is 1. The van der Waals surface area contributed by atoms with Crippen LogP contribution in [0.1, 0.15) is 26.3 Å². The van der Waals surface area contributed by atoms with E-state index in [4.69, 9.17) is 10.8 Å². The minimum absolute atomic E-state index is 0.0365. The van der Waals surface area contributed by atoms with Crippen LogP contribution in [0.25, 0.3) is 0 Å². The van der Waals surface area contributed by atoms with Crippen molar-refractivity contribution in [2.24, 2.45) is 5.73 Å². The largest absolute Gasteiger partial charge is 0.508 e. The molecule has 0 fully saturated rings. The van der Waals surface area contributed by atoms with E-state index in [-0.39, 0.29) is 5.91 Å². The minimum Gasteiger partial charge on any atom is -0.508 e. The van der Waals surface area contributed by atoms with Crippen molar-refractivity contribution in [3.8, 4) is 5.75 Å². The Labute approximate surface area is 136 Å². The van der Waals surface area contributed by atoms with Crippen molar-refractivity contribution in [2.45, 2.75) is 27.7 Å². The summed E-state index contributed by atoms with van der Waals surface area (Å²) in [5, 5.41) is 11.5. The van der Waals surface area contributed by atoms with Gasteiger partial charge in [-0.3, -0.25) is 4.79 Å². The first-order chi connectivity index (χ1) is 10.1. The molecule has 1 aromatic rings. The summed E-state index contributed by atoms with van der Waals surface area (Å²) in [7, 11) is 3.49. The molecule has 4 N–H and O–H groups in total. The van der Waals surface area contributed by atoms with Gasteiger partial charge in [-0.25, -0.2) is 0 Å². The fourth-order valence-corrected chi connectivity index (χ4v) is 2.74. The molecule has 0 aliphatic heterocycles. The molecule has 0 aliphatic rings. The van der Waals surface area contributed by atoms with E-state index in [1.165, 1.54) is 12.5 Å². The topological polar surface area (TPSA) is 75.4 Å². The van der Waals surface area contributed by atoms with Crippen LogP contribution in [0.2, 0.25) is 0 Å². The molecule has 122 valence electrons. The van der Waals surface area contributed by atoms with Crippen LogP contribution in [0.3, 0.4) is 0 Å². The molecule has 4 nitrogen and oxygen atoms in total. The Morgan fingerprint density at radius 1 is 1.19 bits per heavy atom. The summed E-state index contributed by atoms with van der Waals surface area (Å²) < 4.78 is 0. The lowest BCUT2D eigenvalue weighted by Gasteiger charge is -2.00. The number of carbonyl (C=O) groups is 1. The van der Waals surface area contributed by atoms with E-state index >= 15 is 0 Å². The lowest BCUT2D eigenvalue weighted by atomic mass is 10.2. The molecular formula is C15H28N2O2S2. The molecule has 0 heterocycles. The van der Waals surface area contributed by atoms with E-state index in [2.05, 4.69) is 5.32 Å². The Morgan fingerprint density at radius 3 is 2.14 bits per heavy atom. The molecule has 1 rings (SSSR count). The highest BCUT2D eigenvalue weighted by Gasteiger charge is 1.91. The predicted octanol–water partition coefficient (Wildman–Crippen LogP) is 3.19. The SMILES string of the molecule is CC.CC(=O)NCCSSCCN.Cc1ccc(O)cc1. The van der Waals surface area contributed by atoms with Gasteiger partial charge in [-0.05, 0) is 19.1 Å². The number of aryl methyl sites for hydroxylation is 1. The molecule has 6 heteroatoms. The number of nitrogens with one attached hydrogen (secondary N) is 1. The quantitative estimate of drug-likeness (QED) is 0.551. The summed E-state index contributed by atoms with van der Waals surface area (Å²) in [5.41, 5.74) is 6.46. The average molecular weight is 333 g/mol. The van der Waals surface area contributed by atoms with Crippen LogP contribution in [-0.4, -0.2) is 35.6 Å². The summed E-state index contributed by atoms with van der Waals surface area (Å²) in [4.78, 5) is 10.4. The van der Waals surface area contributed by atoms with E-state index in [0.29, 0.717) is 5.75 Å². The van der Waals surface area contributed by atoms with Crippen molar-refractivity contribution in [1.82, 2.24) is 5.32 Å². The fourth-order valence-electron chi connectivity index (χ4n) is 0.979. The molecule has 0 saturated heterocycles. The van der Waals surface area contributed by atoms with Gasteiger partial charge in [0.15, 0.2) is 0 Å². The number of nitrogens with two attached hydrogens (primary N) is 1. The number of amides is 1. The number of hydrogen-bond donors (Lipinski definition) is 3. The molecule has 1 amide bonds. The first-order valence-corrected chi connectivity index (χ1v) is 9.49. The maximum absolute atomic E-state index is 10.4. The molecule has 0 saturated carbocycles. The van der Waals surface area contributed by atoms with Crippen molar-refractivity contribution >= 4 is 27.5 Å². The molecule has 1 aromatic carbocycles. The van der Waals surface area contributed by atoms with Gasteiger partial charge in [0.05, 0.1) is 0 Å². The van der Waals surface area contributed by atoms with Crippen molar-refractivity contribution in [2.75, 3.05) is 24.6 Å². The van der Waals surface area contributed by atoms with Crippen molar-refractivity contribution < 1.29 is 9.90 Å². The molecule has 0 unspecified atom stereocenters. The zero-order valence-corrected chi connectivity index (χ0v) is 15.0. The van der Waals surface area contributed by atoms with E-state index in [0.717, 1.165) is 24.6 Å². The summed E-state index contributed by atoms with van der Waals surface area (Å²) in [6.45, 7) is 8.98. The third-order valence-electron chi connectivity index (χ3n) is 1.88. The van der Waals surface area contributed by atoms with Crippen molar-refractivity contribution in [1.29, 1.82) is 0 Å². The Bertz CT molecular complexity index is 325. The summed E-state index contributed by atoms with van der Waals surface area (Å²) >= 11 is 0. The molecule has 0 radical (unpaired) electrons. The molecule has 0 aliphatic carbocycles.